The van der Waals surface area contributed by atoms with Gasteiger partial charge in [0.25, 0.3) is 5.56 Å². The molecule has 3 aliphatic heterocycles. The lowest BCUT2D eigenvalue weighted by Gasteiger charge is -2.48. The zero-order valence-corrected chi connectivity index (χ0v) is 21.1. The van der Waals surface area contributed by atoms with Gasteiger partial charge in [-0.25, -0.2) is 4.79 Å². The lowest BCUT2D eigenvalue weighted by atomic mass is 9.74. The third-order valence-corrected chi connectivity index (χ3v) is 8.42. The Kier molecular flexibility index (Phi) is 5.53. The molecule has 8 nitrogen and oxygen atoms in total. The van der Waals surface area contributed by atoms with Gasteiger partial charge in [-0.15, -0.1) is 0 Å². The number of aromatic nitrogens is 1. The molecule has 4 amide bonds. The average Bonchev–Trinajstić information content (AvgIpc) is 2.90. The van der Waals surface area contributed by atoms with Gasteiger partial charge in [-0.1, -0.05) is 48.5 Å². The third kappa shape index (κ3) is 3.70. The van der Waals surface area contributed by atoms with E-state index in [4.69, 9.17) is 0 Å². The zero-order chi connectivity index (χ0) is 25.9. The number of carbonyl (C=O) groups is 3. The Labute approximate surface area is 215 Å². The van der Waals surface area contributed by atoms with Gasteiger partial charge in [0.05, 0.1) is 0 Å². The number of amides is 4. The highest BCUT2D eigenvalue weighted by Gasteiger charge is 2.56. The summed E-state index contributed by atoms with van der Waals surface area (Å²) in [6.45, 7) is 2.20. The number of barbiturate groups is 1. The monoisotopic (exact) mass is 498 g/mol. The van der Waals surface area contributed by atoms with Crippen LogP contribution in [0, 0.1) is 11.3 Å². The first kappa shape index (κ1) is 23.6. The molecule has 2 saturated heterocycles. The Morgan fingerprint density at radius 2 is 1.51 bits per heavy atom. The van der Waals surface area contributed by atoms with Gasteiger partial charge < -0.3 is 9.47 Å². The summed E-state index contributed by atoms with van der Waals surface area (Å²) >= 11 is 0. The number of pyridine rings is 1. The summed E-state index contributed by atoms with van der Waals surface area (Å²) in [5.74, 6) is -0.504. The molecule has 0 radical (unpaired) electrons. The molecule has 2 atom stereocenters. The first-order chi connectivity index (χ1) is 17.8. The van der Waals surface area contributed by atoms with E-state index < -0.39 is 23.3 Å². The quantitative estimate of drug-likeness (QED) is 0.517. The van der Waals surface area contributed by atoms with Crippen molar-refractivity contribution in [2.45, 2.75) is 25.3 Å². The van der Waals surface area contributed by atoms with Gasteiger partial charge in [-0.05, 0) is 41.2 Å². The van der Waals surface area contributed by atoms with Crippen LogP contribution >= 0.6 is 0 Å². The highest BCUT2D eigenvalue weighted by atomic mass is 16.2. The van der Waals surface area contributed by atoms with Crippen LogP contribution in [0.3, 0.4) is 0 Å². The van der Waals surface area contributed by atoms with E-state index in [0.717, 1.165) is 38.3 Å². The van der Waals surface area contributed by atoms with Gasteiger partial charge in [0, 0.05) is 58.0 Å². The molecule has 0 saturated carbocycles. The van der Waals surface area contributed by atoms with Crippen molar-refractivity contribution in [1.29, 1.82) is 0 Å². The number of rotatable bonds is 4. The normalized spacial score (nSPS) is 23.5. The van der Waals surface area contributed by atoms with Crippen LogP contribution in [0.1, 0.15) is 23.6 Å². The summed E-state index contributed by atoms with van der Waals surface area (Å²) in [6, 6.07) is 18.7. The van der Waals surface area contributed by atoms with Crippen LogP contribution in [0.2, 0.25) is 0 Å². The van der Waals surface area contributed by atoms with E-state index >= 15 is 0 Å². The second-order valence-corrected chi connectivity index (χ2v) is 10.8. The van der Waals surface area contributed by atoms with Gasteiger partial charge in [0.1, 0.15) is 5.41 Å². The van der Waals surface area contributed by atoms with Crippen molar-refractivity contribution in [3.05, 3.63) is 82.3 Å². The molecule has 1 unspecified atom stereocenters. The number of nitrogens with zero attached hydrogens (tertiary/aromatic N) is 4. The topological polar surface area (TPSA) is 82.9 Å². The lowest BCUT2D eigenvalue weighted by molar-refractivity contribution is -0.159. The molecular formula is C29H30N4O4. The largest absolute Gasteiger partial charge is 0.332 e. The highest BCUT2D eigenvalue weighted by molar-refractivity contribution is 6.19. The molecule has 2 bridgehead atoms. The number of urea groups is 1. The maximum atomic E-state index is 13.9. The second-order valence-electron chi connectivity index (χ2n) is 10.8. The number of carbonyl (C=O) groups excluding carboxylic acids is 3. The molecule has 0 N–H and O–H groups in total. The molecule has 190 valence electrons. The number of fused-ring (bicyclic) bond motifs is 5. The Morgan fingerprint density at radius 3 is 2.30 bits per heavy atom. The predicted molar refractivity (Wildman–Crippen MR) is 139 cm³/mol. The van der Waals surface area contributed by atoms with Crippen LogP contribution in [-0.4, -0.2) is 70.8 Å². The van der Waals surface area contributed by atoms with Crippen molar-refractivity contribution in [2.75, 3.05) is 33.7 Å². The van der Waals surface area contributed by atoms with Gasteiger partial charge in [-0.2, -0.15) is 0 Å². The van der Waals surface area contributed by atoms with Crippen LogP contribution in [0.25, 0.3) is 10.8 Å². The third-order valence-electron chi connectivity index (χ3n) is 8.42. The molecular weight excluding hydrogens is 468 g/mol. The fourth-order valence-corrected chi connectivity index (χ4v) is 6.75. The Morgan fingerprint density at radius 1 is 0.811 bits per heavy atom. The van der Waals surface area contributed by atoms with E-state index in [-0.39, 0.29) is 30.4 Å². The Balaban J connectivity index is 1.40. The Bertz CT molecular complexity index is 1470. The SMILES string of the molecule is CN1C(=O)N(C)C(=O)C(Cc2cccc3ccccc23)(CN2CC3C[C@@H](C2)c2cccc(=O)n2C3)C1=O. The maximum Gasteiger partial charge on any atom is 0.332 e. The molecule has 8 heteroatoms. The van der Waals surface area contributed by atoms with E-state index in [1.165, 1.54) is 14.1 Å². The number of hydrogen-bond donors (Lipinski definition) is 0. The molecule has 37 heavy (non-hydrogen) atoms. The summed E-state index contributed by atoms with van der Waals surface area (Å²) in [5, 5.41) is 2.04. The lowest BCUT2D eigenvalue weighted by Crippen LogP contribution is -2.67. The fraction of sp³-hybridized carbons (Fsp3) is 0.379. The molecule has 0 aliphatic carbocycles. The molecule has 1 aromatic heterocycles. The van der Waals surface area contributed by atoms with Crippen LogP contribution in [0.4, 0.5) is 4.79 Å². The van der Waals surface area contributed by atoms with Gasteiger partial charge >= 0.3 is 6.03 Å². The smallest absolute Gasteiger partial charge is 0.312 e. The van der Waals surface area contributed by atoms with Crippen LogP contribution in [0.15, 0.2) is 65.5 Å². The van der Waals surface area contributed by atoms with Crippen molar-refractivity contribution in [2.24, 2.45) is 11.3 Å². The van der Waals surface area contributed by atoms with E-state index in [2.05, 4.69) is 4.90 Å². The van der Waals surface area contributed by atoms with Crippen molar-refractivity contribution >= 4 is 28.6 Å². The summed E-state index contributed by atoms with van der Waals surface area (Å²) in [7, 11) is 2.91. The minimum Gasteiger partial charge on any atom is -0.312 e. The second kappa shape index (κ2) is 8.66. The summed E-state index contributed by atoms with van der Waals surface area (Å²) in [5.41, 5.74) is 0.517. The molecule has 4 heterocycles. The van der Waals surface area contributed by atoms with Gasteiger partial charge in [0.2, 0.25) is 11.8 Å². The zero-order valence-electron chi connectivity index (χ0n) is 21.1. The minimum absolute atomic E-state index is 0.0208. The first-order valence-electron chi connectivity index (χ1n) is 12.8. The van der Waals surface area contributed by atoms with E-state index in [1.54, 1.807) is 12.1 Å². The average molecular weight is 499 g/mol. The van der Waals surface area contributed by atoms with Crippen LogP contribution in [-0.2, 0) is 22.6 Å². The molecule has 0 spiro atoms. The number of piperidine rings is 1. The van der Waals surface area contributed by atoms with Crippen LogP contribution in [0.5, 0.6) is 0 Å². The first-order valence-corrected chi connectivity index (χ1v) is 12.8. The standard InChI is InChI=1S/C29H30N4O4/c1-30-26(35)29(27(36)31(2)28(30)37,14-21-9-5-8-20-7-3-4-10-23(20)21)18-32-15-19-13-22(17-32)24-11-6-12-25(34)33(24)16-19/h3-12,19,22H,13-18H2,1-2H3/t19?,22-/m0/s1. The number of imide groups is 2. The highest BCUT2D eigenvalue weighted by Crippen LogP contribution is 2.40. The predicted octanol–water partition coefficient (Wildman–Crippen LogP) is 2.70. The van der Waals surface area contributed by atoms with E-state index in [0.29, 0.717) is 19.6 Å². The summed E-state index contributed by atoms with van der Waals surface area (Å²) in [4.78, 5) is 57.3. The van der Waals surface area contributed by atoms with Gasteiger partial charge in [-0.3, -0.25) is 24.2 Å². The van der Waals surface area contributed by atoms with Crippen molar-refractivity contribution in [3.63, 3.8) is 0 Å². The summed E-state index contributed by atoms with van der Waals surface area (Å²) < 4.78 is 1.87. The summed E-state index contributed by atoms with van der Waals surface area (Å²) in [6.07, 6.45) is 1.19. The Hall–Kier alpha value is -3.78. The van der Waals surface area contributed by atoms with E-state index in [1.807, 2.05) is 53.1 Å². The number of hydrogen-bond acceptors (Lipinski definition) is 5. The van der Waals surface area contributed by atoms with Crippen molar-refractivity contribution in [1.82, 2.24) is 19.3 Å². The molecule has 3 aliphatic rings. The number of likely N-dealkylation sites (tertiary alicyclic amines) is 1. The van der Waals surface area contributed by atoms with Crippen molar-refractivity contribution in [3.8, 4) is 0 Å². The van der Waals surface area contributed by atoms with Crippen molar-refractivity contribution < 1.29 is 14.4 Å². The fourth-order valence-electron chi connectivity index (χ4n) is 6.75. The maximum absolute atomic E-state index is 13.9. The minimum atomic E-state index is -1.43. The number of benzene rings is 2. The molecule has 2 aromatic carbocycles. The molecule has 6 rings (SSSR count). The molecule has 3 aromatic rings. The molecule has 2 fully saturated rings. The van der Waals surface area contributed by atoms with Crippen LogP contribution < -0.4 is 5.56 Å². The van der Waals surface area contributed by atoms with Gasteiger partial charge in [0.15, 0.2) is 0 Å². The van der Waals surface area contributed by atoms with E-state index in [9.17, 15) is 19.2 Å².